The highest BCUT2D eigenvalue weighted by molar-refractivity contribution is 4.80. The molecule has 1 rings (SSSR count). The van der Waals surface area contributed by atoms with Crippen LogP contribution in [-0.2, 0) is 4.74 Å². The number of ether oxygens (including phenoxy) is 1. The molecule has 0 aliphatic heterocycles. The van der Waals surface area contributed by atoms with Crippen LogP contribution in [0.5, 0.6) is 0 Å². The number of hydrogen-bond acceptors (Lipinski definition) is 2. The Morgan fingerprint density at radius 1 is 1.75 bits per heavy atom. The third-order valence-electron chi connectivity index (χ3n) is 1.63. The van der Waals surface area contributed by atoms with Crippen molar-refractivity contribution in [1.29, 1.82) is 0 Å². The van der Waals surface area contributed by atoms with E-state index in [1.165, 1.54) is 12.8 Å². The smallest absolute Gasteiger partial charge is 0.0830 e. The van der Waals surface area contributed by atoms with Crippen LogP contribution in [0, 0.1) is 5.92 Å². The molecule has 0 aromatic rings. The third-order valence-corrected chi connectivity index (χ3v) is 1.63. The molecule has 0 bridgehead atoms. The van der Waals surface area contributed by atoms with E-state index in [-0.39, 0.29) is 12.7 Å². The summed E-state index contributed by atoms with van der Waals surface area (Å²) in [7, 11) is 1.65. The Morgan fingerprint density at radius 3 is 2.50 bits per heavy atom. The molecule has 1 fully saturated rings. The second kappa shape index (κ2) is 2.46. The normalized spacial score (nSPS) is 23.2. The van der Waals surface area contributed by atoms with Crippen LogP contribution in [0.4, 0.5) is 0 Å². The molecule has 1 saturated carbocycles. The van der Waals surface area contributed by atoms with Gasteiger partial charge in [-0.05, 0) is 18.8 Å². The van der Waals surface area contributed by atoms with E-state index in [2.05, 4.69) is 0 Å². The van der Waals surface area contributed by atoms with Crippen molar-refractivity contribution in [2.24, 2.45) is 5.92 Å². The summed E-state index contributed by atoms with van der Waals surface area (Å²) in [6.07, 6.45) is 2.59. The molecule has 0 aromatic heterocycles. The van der Waals surface area contributed by atoms with Crippen molar-refractivity contribution in [3.63, 3.8) is 0 Å². The van der Waals surface area contributed by atoms with Gasteiger partial charge in [0.25, 0.3) is 0 Å². The monoisotopic (exact) mass is 116 g/mol. The summed E-state index contributed by atoms with van der Waals surface area (Å²) in [4.78, 5) is 0. The molecule has 0 heterocycles. The Kier molecular flexibility index (Phi) is 1.86. The van der Waals surface area contributed by atoms with Gasteiger partial charge >= 0.3 is 0 Å². The first-order valence-electron chi connectivity index (χ1n) is 3.02. The second-order valence-electron chi connectivity index (χ2n) is 2.29. The van der Waals surface area contributed by atoms with Crippen molar-refractivity contribution in [2.45, 2.75) is 18.9 Å². The maximum absolute atomic E-state index is 8.61. The Labute approximate surface area is 49.5 Å². The predicted molar refractivity (Wildman–Crippen MR) is 30.6 cm³/mol. The maximum Gasteiger partial charge on any atom is 0.0830 e. The van der Waals surface area contributed by atoms with Crippen molar-refractivity contribution in [2.75, 3.05) is 13.7 Å². The molecule has 1 aliphatic carbocycles. The van der Waals surface area contributed by atoms with Crippen LogP contribution in [0.25, 0.3) is 0 Å². The fraction of sp³-hybridized carbons (Fsp3) is 1.00. The SMILES string of the molecule is COC(CO)C1CC1. The molecular formula is C6H12O2. The summed E-state index contributed by atoms with van der Waals surface area (Å²) in [5.41, 5.74) is 0. The number of rotatable bonds is 3. The highest BCUT2D eigenvalue weighted by atomic mass is 16.5. The Balaban J connectivity index is 2.15. The zero-order valence-corrected chi connectivity index (χ0v) is 5.13. The third kappa shape index (κ3) is 1.20. The first kappa shape index (κ1) is 6.05. The maximum atomic E-state index is 8.61. The average Bonchev–Trinajstić information content (AvgIpc) is 2.53. The predicted octanol–water partition coefficient (Wildman–Crippen LogP) is 0.404. The molecule has 0 amide bonds. The Morgan fingerprint density at radius 2 is 2.38 bits per heavy atom. The first-order chi connectivity index (χ1) is 3.88. The van der Waals surface area contributed by atoms with Gasteiger partial charge < -0.3 is 9.84 Å². The van der Waals surface area contributed by atoms with Gasteiger partial charge in [-0.15, -0.1) is 0 Å². The number of hydrogen-bond donors (Lipinski definition) is 1. The quantitative estimate of drug-likeness (QED) is 0.578. The van der Waals surface area contributed by atoms with Crippen LogP contribution in [-0.4, -0.2) is 24.9 Å². The van der Waals surface area contributed by atoms with Crippen molar-refractivity contribution < 1.29 is 9.84 Å². The minimum absolute atomic E-state index is 0.120. The van der Waals surface area contributed by atoms with E-state index in [1.807, 2.05) is 0 Å². The molecule has 0 radical (unpaired) electrons. The van der Waals surface area contributed by atoms with Crippen LogP contribution in [0.15, 0.2) is 0 Å². The summed E-state index contributed by atoms with van der Waals surface area (Å²) in [5, 5.41) is 8.61. The van der Waals surface area contributed by atoms with E-state index in [1.54, 1.807) is 7.11 Å². The van der Waals surface area contributed by atoms with Gasteiger partial charge in [0.15, 0.2) is 0 Å². The van der Waals surface area contributed by atoms with E-state index in [0.717, 1.165) is 0 Å². The van der Waals surface area contributed by atoms with Crippen LogP contribution >= 0.6 is 0 Å². The van der Waals surface area contributed by atoms with Crippen LogP contribution in [0.3, 0.4) is 0 Å². The lowest BCUT2D eigenvalue weighted by Gasteiger charge is -2.08. The Hall–Kier alpha value is -0.0800. The van der Waals surface area contributed by atoms with Crippen molar-refractivity contribution in [3.05, 3.63) is 0 Å². The molecule has 0 aromatic carbocycles. The van der Waals surface area contributed by atoms with Crippen molar-refractivity contribution >= 4 is 0 Å². The van der Waals surface area contributed by atoms with E-state index in [4.69, 9.17) is 9.84 Å². The Bertz CT molecular complexity index is 64.9. The lowest BCUT2D eigenvalue weighted by atomic mass is 10.2. The van der Waals surface area contributed by atoms with E-state index in [9.17, 15) is 0 Å². The van der Waals surface area contributed by atoms with Gasteiger partial charge in [-0.25, -0.2) is 0 Å². The summed E-state index contributed by atoms with van der Waals surface area (Å²) in [6, 6.07) is 0. The van der Waals surface area contributed by atoms with Crippen LogP contribution in [0.1, 0.15) is 12.8 Å². The highest BCUT2D eigenvalue weighted by Crippen LogP contribution is 2.33. The summed E-state index contributed by atoms with van der Waals surface area (Å²) in [6.45, 7) is 0.182. The lowest BCUT2D eigenvalue weighted by molar-refractivity contribution is 0.0340. The summed E-state index contributed by atoms with van der Waals surface area (Å²) < 4.78 is 4.97. The van der Waals surface area contributed by atoms with E-state index >= 15 is 0 Å². The van der Waals surface area contributed by atoms with Crippen molar-refractivity contribution in [3.8, 4) is 0 Å². The van der Waals surface area contributed by atoms with Gasteiger partial charge in [-0.1, -0.05) is 0 Å². The molecule has 0 saturated heterocycles. The molecular weight excluding hydrogens is 104 g/mol. The molecule has 2 heteroatoms. The summed E-state index contributed by atoms with van der Waals surface area (Å²) in [5.74, 6) is 0.657. The zero-order valence-electron chi connectivity index (χ0n) is 5.13. The minimum atomic E-state index is 0.120. The largest absolute Gasteiger partial charge is 0.394 e. The minimum Gasteiger partial charge on any atom is -0.394 e. The molecule has 0 spiro atoms. The topological polar surface area (TPSA) is 29.5 Å². The van der Waals surface area contributed by atoms with Crippen LogP contribution in [0.2, 0.25) is 0 Å². The molecule has 1 atom stereocenters. The van der Waals surface area contributed by atoms with Gasteiger partial charge in [-0.3, -0.25) is 0 Å². The molecule has 2 nitrogen and oxygen atoms in total. The number of methoxy groups -OCH3 is 1. The van der Waals surface area contributed by atoms with Gasteiger partial charge in [0.05, 0.1) is 12.7 Å². The van der Waals surface area contributed by atoms with Gasteiger partial charge in [-0.2, -0.15) is 0 Å². The molecule has 1 N–H and O–H groups in total. The van der Waals surface area contributed by atoms with E-state index in [0.29, 0.717) is 5.92 Å². The average molecular weight is 116 g/mol. The summed E-state index contributed by atoms with van der Waals surface area (Å²) >= 11 is 0. The molecule has 1 unspecified atom stereocenters. The highest BCUT2D eigenvalue weighted by Gasteiger charge is 2.30. The lowest BCUT2D eigenvalue weighted by Crippen LogP contribution is -2.17. The van der Waals surface area contributed by atoms with Crippen LogP contribution < -0.4 is 0 Å². The second-order valence-corrected chi connectivity index (χ2v) is 2.29. The number of aliphatic hydroxyl groups is 1. The fourth-order valence-corrected chi connectivity index (χ4v) is 0.884. The van der Waals surface area contributed by atoms with Gasteiger partial charge in [0, 0.05) is 7.11 Å². The van der Waals surface area contributed by atoms with Gasteiger partial charge in [0.2, 0.25) is 0 Å². The molecule has 48 valence electrons. The van der Waals surface area contributed by atoms with Crippen molar-refractivity contribution in [1.82, 2.24) is 0 Å². The zero-order chi connectivity index (χ0) is 5.98. The van der Waals surface area contributed by atoms with E-state index < -0.39 is 0 Å². The molecule has 1 aliphatic rings. The fourth-order valence-electron chi connectivity index (χ4n) is 0.884. The number of aliphatic hydroxyl groups excluding tert-OH is 1. The standard InChI is InChI=1S/C6H12O2/c1-8-6(4-7)5-2-3-5/h5-7H,2-4H2,1H3. The first-order valence-corrected chi connectivity index (χ1v) is 3.02. The van der Waals surface area contributed by atoms with Gasteiger partial charge in [0.1, 0.15) is 0 Å². The molecule has 8 heavy (non-hydrogen) atoms.